The van der Waals surface area contributed by atoms with Gasteiger partial charge in [0.25, 0.3) is 0 Å². The Bertz CT molecular complexity index is 438. The molecule has 0 unspecified atom stereocenters. The van der Waals surface area contributed by atoms with E-state index in [1.54, 1.807) is 0 Å². The molecule has 0 heterocycles. The molecule has 0 fully saturated rings. The van der Waals surface area contributed by atoms with Crippen LogP contribution in [-0.2, 0) is 0 Å². The van der Waals surface area contributed by atoms with Crippen molar-refractivity contribution in [3.8, 4) is 11.8 Å². The van der Waals surface area contributed by atoms with Gasteiger partial charge in [-0.15, -0.1) is 0 Å². The molecule has 0 saturated carbocycles. The van der Waals surface area contributed by atoms with Gasteiger partial charge in [-0.3, -0.25) is 4.79 Å². The molecule has 15 heavy (non-hydrogen) atoms. The Morgan fingerprint density at radius 3 is 2.80 bits per heavy atom. The van der Waals surface area contributed by atoms with Crippen molar-refractivity contribution in [1.82, 2.24) is 0 Å². The average molecular weight is 269 g/mol. The number of ether oxygens (including phenoxy) is 1. The molecule has 78 valence electrons. The second kappa shape index (κ2) is 4.80. The monoisotopic (exact) mass is 268 g/mol. The van der Waals surface area contributed by atoms with Gasteiger partial charge in [-0.25, -0.2) is 0 Å². The number of rotatable bonds is 3. The lowest BCUT2D eigenvalue weighted by atomic mass is 10.0. The van der Waals surface area contributed by atoms with E-state index in [-0.39, 0.29) is 22.2 Å². The molecule has 0 atom stereocenters. The van der Waals surface area contributed by atoms with E-state index in [1.165, 1.54) is 19.2 Å². The third kappa shape index (κ3) is 2.28. The van der Waals surface area contributed by atoms with Crippen molar-refractivity contribution in [2.75, 3.05) is 18.2 Å². The lowest BCUT2D eigenvalue weighted by Gasteiger charge is -2.09. The minimum atomic E-state index is -0.205. The number of Topliss-reactive ketones (excluding diaryl/α,β-unsaturated/α-hetero) is 1. The summed E-state index contributed by atoms with van der Waals surface area (Å²) < 4.78 is 5.02. The van der Waals surface area contributed by atoms with Crippen molar-refractivity contribution < 1.29 is 9.53 Å². The van der Waals surface area contributed by atoms with Crippen LogP contribution in [0.2, 0.25) is 0 Å². The smallest absolute Gasteiger partial charge is 0.178 e. The van der Waals surface area contributed by atoms with Crippen LogP contribution < -0.4 is 10.5 Å². The fourth-order valence-electron chi connectivity index (χ4n) is 1.24. The normalized spacial score (nSPS) is 9.40. The SMILES string of the molecule is COc1cc(N)cc(C#N)c1C(=O)CBr. The molecule has 0 bridgehead atoms. The number of nitrogens with two attached hydrogens (primary N) is 1. The van der Waals surface area contributed by atoms with Crippen LogP contribution in [0.15, 0.2) is 12.1 Å². The molecule has 0 aromatic heterocycles. The molecule has 1 rings (SSSR count). The first-order valence-electron chi connectivity index (χ1n) is 4.10. The number of nitrogens with zero attached hydrogens (tertiary/aromatic N) is 1. The summed E-state index contributed by atoms with van der Waals surface area (Å²) in [6.45, 7) is 0. The Morgan fingerprint density at radius 2 is 2.33 bits per heavy atom. The highest BCUT2D eigenvalue weighted by Crippen LogP contribution is 2.26. The number of methoxy groups -OCH3 is 1. The van der Waals surface area contributed by atoms with Crippen LogP contribution in [0, 0.1) is 11.3 Å². The summed E-state index contributed by atoms with van der Waals surface area (Å²) in [6, 6.07) is 4.91. The molecule has 0 aliphatic rings. The van der Waals surface area contributed by atoms with Gasteiger partial charge in [-0.2, -0.15) is 5.26 Å². The quantitative estimate of drug-likeness (QED) is 0.515. The van der Waals surface area contributed by atoms with Crippen LogP contribution in [-0.4, -0.2) is 18.2 Å². The zero-order valence-electron chi connectivity index (χ0n) is 8.08. The van der Waals surface area contributed by atoms with Gasteiger partial charge < -0.3 is 10.5 Å². The molecular formula is C10H9BrN2O2. The van der Waals surface area contributed by atoms with Crippen LogP contribution in [0.4, 0.5) is 5.69 Å². The number of ketones is 1. The first-order chi connectivity index (χ1) is 7.13. The Labute approximate surface area is 95.8 Å². The van der Waals surface area contributed by atoms with E-state index in [0.29, 0.717) is 11.4 Å². The van der Waals surface area contributed by atoms with Gasteiger partial charge in [0.15, 0.2) is 5.78 Å². The summed E-state index contributed by atoms with van der Waals surface area (Å²) in [5.74, 6) is 0.124. The van der Waals surface area contributed by atoms with Crippen molar-refractivity contribution in [2.45, 2.75) is 0 Å². The van der Waals surface area contributed by atoms with E-state index in [4.69, 9.17) is 15.7 Å². The zero-order valence-corrected chi connectivity index (χ0v) is 9.67. The van der Waals surface area contributed by atoms with Gasteiger partial charge >= 0.3 is 0 Å². The van der Waals surface area contributed by atoms with E-state index in [2.05, 4.69) is 15.9 Å². The van der Waals surface area contributed by atoms with Gasteiger partial charge in [-0.05, 0) is 6.07 Å². The van der Waals surface area contributed by atoms with Crippen molar-refractivity contribution in [1.29, 1.82) is 5.26 Å². The molecule has 1 aromatic carbocycles. The number of alkyl halides is 1. The predicted molar refractivity (Wildman–Crippen MR) is 60.2 cm³/mol. The van der Waals surface area contributed by atoms with Gasteiger partial charge in [0.05, 0.1) is 23.6 Å². The lowest BCUT2D eigenvalue weighted by Crippen LogP contribution is -2.07. The maximum Gasteiger partial charge on any atom is 0.178 e. The minimum Gasteiger partial charge on any atom is -0.496 e. The van der Waals surface area contributed by atoms with E-state index >= 15 is 0 Å². The molecule has 0 radical (unpaired) electrons. The standard InChI is InChI=1S/C10H9BrN2O2/c1-15-9-3-7(13)2-6(5-12)10(9)8(14)4-11/h2-3H,4,13H2,1H3. The Hall–Kier alpha value is -1.54. The number of carbonyl (C=O) groups excluding carboxylic acids is 1. The summed E-state index contributed by atoms with van der Waals surface area (Å²) in [4.78, 5) is 11.6. The van der Waals surface area contributed by atoms with E-state index in [0.717, 1.165) is 0 Å². The van der Waals surface area contributed by atoms with E-state index in [1.807, 2.05) is 6.07 Å². The third-order valence-electron chi connectivity index (χ3n) is 1.87. The van der Waals surface area contributed by atoms with Gasteiger partial charge in [0, 0.05) is 11.8 Å². The maximum atomic E-state index is 11.6. The Morgan fingerprint density at radius 1 is 1.67 bits per heavy atom. The highest BCUT2D eigenvalue weighted by Gasteiger charge is 2.17. The van der Waals surface area contributed by atoms with Crippen molar-refractivity contribution in [3.05, 3.63) is 23.3 Å². The Kier molecular flexibility index (Phi) is 3.69. The molecule has 5 heteroatoms. The number of nitrogen functional groups attached to an aromatic ring is 1. The molecule has 0 spiro atoms. The number of anilines is 1. The topological polar surface area (TPSA) is 76.1 Å². The highest BCUT2D eigenvalue weighted by atomic mass is 79.9. The lowest BCUT2D eigenvalue weighted by molar-refractivity contribution is 0.102. The minimum absolute atomic E-state index is 0.141. The summed E-state index contributed by atoms with van der Waals surface area (Å²) in [5, 5.41) is 9.02. The second-order valence-corrected chi connectivity index (χ2v) is 3.38. The number of benzene rings is 1. The first kappa shape index (κ1) is 11.5. The number of hydrogen-bond acceptors (Lipinski definition) is 4. The first-order valence-corrected chi connectivity index (χ1v) is 5.23. The summed E-state index contributed by atoms with van der Waals surface area (Å²) in [5.41, 5.74) is 6.47. The fraction of sp³-hybridized carbons (Fsp3) is 0.200. The molecule has 0 amide bonds. The molecule has 2 N–H and O–H groups in total. The van der Waals surface area contributed by atoms with Crippen LogP contribution >= 0.6 is 15.9 Å². The second-order valence-electron chi connectivity index (χ2n) is 2.81. The molecule has 0 aliphatic heterocycles. The highest BCUT2D eigenvalue weighted by molar-refractivity contribution is 9.09. The molecule has 1 aromatic rings. The van der Waals surface area contributed by atoms with Gasteiger partial charge in [-0.1, -0.05) is 15.9 Å². The maximum absolute atomic E-state index is 11.6. The van der Waals surface area contributed by atoms with Crippen molar-refractivity contribution in [2.24, 2.45) is 0 Å². The summed E-state index contributed by atoms with van der Waals surface area (Å²) >= 11 is 3.05. The van der Waals surface area contributed by atoms with E-state index < -0.39 is 0 Å². The number of halogens is 1. The average Bonchev–Trinajstić information content (AvgIpc) is 2.26. The molecule has 4 nitrogen and oxygen atoms in total. The number of carbonyl (C=O) groups is 1. The van der Waals surface area contributed by atoms with Crippen LogP contribution in [0.1, 0.15) is 15.9 Å². The zero-order chi connectivity index (χ0) is 11.4. The van der Waals surface area contributed by atoms with Crippen LogP contribution in [0.3, 0.4) is 0 Å². The van der Waals surface area contributed by atoms with Crippen molar-refractivity contribution >= 4 is 27.4 Å². The van der Waals surface area contributed by atoms with Crippen LogP contribution in [0.5, 0.6) is 5.75 Å². The van der Waals surface area contributed by atoms with E-state index in [9.17, 15) is 4.79 Å². The predicted octanol–water partition coefficient (Wildman–Crippen LogP) is 1.73. The summed E-state index contributed by atoms with van der Waals surface area (Å²) in [7, 11) is 1.43. The van der Waals surface area contributed by atoms with Gasteiger partial charge in [0.1, 0.15) is 11.8 Å². The van der Waals surface area contributed by atoms with Crippen LogP contribution in [0.25, 0.3) is 0 Å². The van der Waals surface area contributed by atoms with Gasteiger partial charge in [0.2, 0.25) is 0 Å². The number of hydrogen-bond donors (Lipinski definition) is 1. The van der Waals surface area contributed by atoms with Crippen molar-refractivity contribution in [3.63, 3.8) is 0 Å². The molecule has 0 aliphatic carbocycles. The number of nitriles is 1. The summed E-state index contributed by atoms with van der Waals surface area (Å²) in [6.07, 6.45) is 0. The Balaban J connectivity index is 3.45. The third-order valence-corrected chi connectivity index (χ3v) is 2.37. The molecular weight excluding hydrogens is 260 g/mol. The largest absolute Gasteiger partial charge is 0.496 e. The fourth-order valence-corrected chi connectivity index (χ4v) is 1.52. The molecule has 0 saturated heterocycles.